The average molecular weight is 276 g/mol. The highest BCUT2D eigenvalue weighted by atomic mass is 35.5. The zero-order valence-electron chi connectivity index (χ0n) is 11.1. The van der Waals surface area contributed by atoms with Crippen LogP contribution in [0.25, 0.3) is 0 Å². The van der Waals surface area contributed by atoms with Crippen LogP contribution < -0.4 is 15.2 Å². The number of nitrogens with two attached hydrogens (primary N) is 1. The molecule has 0 saturated carbocycles. The van der Waals surface area contributed by atoms with E-state index in [0.29, 0.717) is 30.3 Å². The van der Waals surface area contributed by atoms with Gasteiger partial charge in [-0.2, -0.15) is 0 Å². The summed E-state index contributed by atoms with van der Waals surface area (Å²) in [5.74, 6) is 1.37. The average Bonchev–Trinajstić information content (AvgIpc) is 2.30. The number of benzene rings is 1. The van der Waals surface area contributed by atoms with Crippen LogP contribution in [0.15, 0.2) is 18.2 Å². The van der Waals surface area contributed by atoms with Gasteiger partial charge in [-0.15, -0.1) is 12.4 Å². The molecule has 1 rings (SSSR count). The predicted molar refractivity (Wildman–Crippen MR) is 74.6 cm³/mol. The summed E-state index contributed by atoms with van der Waals surface area (Å²) in [4.78, 5) is 0. The van der Waals surface area contributed by atoms with E-state index in [1.54, 1.807) is 19.1 Å². The smallest absolute Gasteiger partial charge is 0.125 e. The highest BCUT2D eigenvalue weighted by Gasteiger charge is 2.18. The molecule has 0 bridgehead atoms. The van der Waals surface area contributed by atoms with Crippen molar-refractivity contribution >= 4 is 12.4 Å². The van der Waals surface area contributed by atoms with Crippen LogP contribution in [0.2, 0.25) is 0 Å². The Morgan fingerprint density at radius 2 is 1.83 bits per heavy atom. The van der Waals surface area contributed by atoms with Crippen molar-refractivity contribution in [1.29, 1.82) is 0 Å². The molecule has 0 aromatic heterocycles. The summed E-state index contributed by atoms with van der Waals surface area (Å²) in [6, 6.07) is 5.05. The summed E-state index contributed by atoms with van der Waals surface area (Å²) in [5.41, 5.74) is 6.38. The van der Waals surface area contributed by atoms with Crippen molar-refractivity contribution in [2.75, 3.05) is 13.2 Å². The number of halogens is 1. The molecule has 0 aliphatic heterocycles. The number of aliphatic hydroxyl groups excluding tert-OH is 1. The highest BCUT2D eigenvalue weighted by Crippen LogP contribution is 2.30. The van der Waals surface area contributed by atoms with Crippen LogP contribution in [-0.2, 0) is 0 Å². The third kappa shape index (κ3) is 4.37. The predicted octanol–water partition coefficient (Wildman–Crippen LogP) is 2.29. The Kier molecular flexibility index (Phi) is 7.75. The normalized spacial score (nSPS) is 13.4. The van der Waals surface area contributed by atoms with Crippen LogP contribution >= 0.6 is 12.4 Å². The van der Waals surface area contributed by atoms with E-state index >= 15 is 0 Å². The molecule has 104 valence electrons. The standard InChI is InChI=1S/C13H21NO3.ClH/c1-4-16-10-6-7-12(17-5-2)11(8-10)13(15)9(3)14;/h6-9,13,15H,4-5,14H2,1-3H3;1H. The quantitative estimate of drug-likeness (QED) is 0.836. The number of rotatable bonds is 6. The van der Waals surface area contributed by atoms with Gasteiger partial charge in [0.25, 0.3) is 0 Å². The lowest BCUT2D eigenvalue weighted by Crippen LogP contribution is -2.25. The molecule has 18 heavy (non-hydrogen) atoms. The second-order valence-corrected chi connectivity index (χ2v) is 3.87. The van der Waals surface area contributed by atoms with Gasteiger partial charge < -0.3 is 20.3 Å². The first kappa shape index (κ1) is 17.0. The van der Waals surface area contributed by atoms with Crippen LogP contribution in [0.5, 0.6) is 11.5 Å². The van der Waals surface area contributed by atoms with Crippen molar-refractivity contribution in [3.05, 3.63) is 23.8 Å². The van der Waals surface area contributed by atoms with Gasteiger partial charge in [0, 0.05) is 11.6 Å². The molecule has 4 nitrogen and oxygen atoms in total. The van der Waals surface area contributed by atoms with E-state index in [2.05, 4.69) is 0 Å². The van der Waals surface area contributed by atoms with E-state index in [0.717, 1.165) is 0 Å². The van der Waals surface area contributed by atoms with E-state index in [1.165, 1.54) is 0 Å². The van der Waals surface area contributed by atoms with E-state index in [9.17, 15) is 5.11 Å². The molecule has 1 aromatic carbocycles. The summed E-state index contributed by atoms with van der Waals surface area (Å²) in [7, 11) is 0. The molecule has 2 atom stereocenters. The number of ether oxygens (including phenoxy) is 2. The molecule has 0 aliphatic carbocycles. The van der Waals surface area contributed by atoms with Gasteiger partial charge in [-0.25, -0.2) is 0 Å². The van der Waals surface area contributed by atoms with Crippen molar-refractivity contribution in [3.63, 3.8) is 0 Å². The largest absolute Gasteiger partial charge is 0.494 e. The Balaban J connectivity index is 0.00000289. The van der Waals surface area contributed by atoms with E-state index in [1.807, 2.05) is 19.9 Å². The highest BCUT2D eigenvalue weighted by molar-refractivity contribution is 5.85. The molecule has 3 N–H and O–H groups in total. The number of aliphatic hydroxyl groups is 1. The summed E-state index contributed by atoms with van der Waals surface area (Å²) < 4.78 is 10.9. The third-order valence-electron chi connectivity index (χ3n) is 2.41. The van der Waals surface area contributed by atoms with Crippen molar-refractivity contribution in [1.82, 2.24) is 0 Å². The Labute approximate surface area is 115 Å². The van der Waals surface area contributed by atoms with Gasteiger partial charge in [0.15, 0.2) is 0 Å². The lowest BCUT2D eigenvalue weighted by molar-refractivity contribution is 0.147. The maximum atomic E-state index is 10.0. The lowest BCUT2D eigenvalue weighted by atomic mass is 10.0. The molecule has 2 unspecified atom stereocenters. The Bertz CT molecular complexity index is 358. The van der Waals surface area contributed by atoms with Gasteiger partial charge in [0.1, 0.15) is 11.5 Å². The summed E-state index contributed by atoms with van der Waals surface area (Å²) in [5, 5.41) is 10.0. The van der Waals surface area contributed by atoms with Crippen LogP contribution in [0.4, 0.5) is 0 Å². The van der Waals surface area contributed by atoms with Crippen LogP contribution in [0.3, 0.4) is 0 Å². The van der Waals surface area contributed by atoms with E-state index in [-0.39, 0.29) is 18.4 Å². The zero-order valence-corrected chi connectivity index (χ0v) is 11.9. The second-order valence-electron chi connectivity index (χ2n) is 3.87. The molecule has 0 spiro atoms. The van der Waals surface area contributed by atoms with Gasteiger partial charge in [-0.05, 0) is 39.0 Å². The molecule has 5 heteroatoms. The fourth-order valence-electron chi connectivity index (χ4n) is 1.58. The number of hydrogen-bond acceptors (Lipinski definition) is 4. The van der Waals surface area contributed by atoms with Crippen LogP contribution in [-0.4, -0.2) is 24.4 Å². The van der Waals surface area contributed by atoms with Gasteiger partial charge >= 0.3 is 0 Å². The Morgan fingerprint density at radius 3 is 2.33 bits per heavy atom. The van der Waals surface area contributed by atoms with Crippen molar-refractivity contribution in [3.8, 4) is 11.5 Å². The minimum absolute atomic E-state index is 0. The molecule has 0 heterocycles. The monoisotopic (exact) mass is 275 g/mol. The molecule has 0 aliphatic rings. The summed E-state index contributed by atoms with van der Waals surface area (Å²) in [6.45, 7) is 6.71. The van der Waals surface area contributed by atoms with E-state index in [4.69, 9.17) is 15.2 Å². The molecule has 0 radical (unpaired) electrons. The summed E-state index contributed by atoms with van der Waals surface area (Å²) >= 11 is 0. The first-order valence-electron chi connectivity index (χ1n) is 5.93. The maximum absolute atomic E-state index is 10.0. The Hall–Kier alpha value is -0.970. The van der Waals surface area contributed by atoms with E-state index < -0.39 is 6.10 Å². The van der Waals surface area contributed by atoms with Gasteiger partial charge in [0.05, 0.1) is 19.3 Å². The van der Waals surface area contributed by atoms with Crippen molar-refractivity contribution in [2.24, 2.45) is 5.73 Å². The zero-order chi connectivity index (χ0) is 12.8. The first-order valence-corrected chi connectivity index (χ1v) is 5.93. The minimum Gasteiger partial charge on any atom is -0.494 e. The lowest BCUT2D eigenvalue weighted by Gasteiger charge is -2.19. The topological polar surface area (TPSA) is 64.7 Å². The number of hydrogen-bond donors (Lipinski definition) is 2. The Morgan fingerprint density at radius 1 is 1.22 bits per heavy atom. The van der Waals surface area contributed by atoms with Gasteiger partial charge in [-0.3, -0.25) is 0 Å². The third-order valence-corrected chi connectivity index (χ3v) is 2.41. The molecule has 0 fully saturated rings. The van der Waals surface area contributed by atoms with Crippen LogP contribution in [0, 0.1) is 0 Å². The van der Waals surface area contributed by atoms with Crippen molar-refractivity contribution in [2.45, 2.75) is 32.9 Å². The SMILES string of the molecule is CCOc1ccc(OCC)c(C(O)C(C)N)c1.Cl. The fourth-order valence-corrected chi connectivity index (χ4v) is 1.58. The van der Waals surface area contributed by atoms with Gasteiger partial charge in [-0.1, -0.05) is 0 Å². The van der Waals surface area contributed by atoms with Crippen LogP contribution in [0.1, 0.15) is 32.4 Å². The minimum atomic E-state index is -0.753. The molecular weight excluding hydrogens is 254 g/mol. The summed E-state index contributed by atoms with van der Waals surface area (Å²) in [6.07, 6.45) is -0.753. The maximum Gasteiger partial charge on any atom is 0.125 e. The van der Waals surface area contributed by atoms with Gasteiger partial charge in [0.2, 0.25) is 0 Å². The fraction of sp³-hybridized carbons (Fsp3) is 0.538. The second kappa shape index (κ2) is 8.19. The molecule has 0 saturated heterocycles. The molecular formula is C13H22ClNO3. The first-order chi connectivity index (χ1) is 8.10. The molecule has 1 aromatic rings. The molecule has 0 amide bonds. The van der Waals surface area contributed by atoms with Crippen molar-refractivity contribution < 1.29 is 14.6 Å².